The molecule has 1 aromatic rings. The zero-order valence-electron chi connectivity index (χ0n) is 11.0. The number of amides is 2. The van der Waals surface area contributed by atoms with Gasteiger partial charge in [-0.05, 0) is 53.4 Å². The molecular weight excluding hydrogens is 344 g/mol. The Bertz CT molecular complexity index is 516. The van der Waals surface area contributed by atoms with E-state index in [0.717, 1.165) is 25.9 Å². The molecule has 1 heterocycles. The highest BCUT2D eigenvalue weighted by Gasteiger charge is 2.18. The molecular formula is C14H16BrClN2O2. The van der Waals surface area contributed by atoms with Crippen LogP contribution in [-0.4, -0.2) is 36.3 Å². The van der Waals surface area contributed by atoms with Crippen molar-refractivity contribution in [3.63, 3.8) is 0 Å². The van der Waals surface area contributed by atoms with Crippen LogP contribution in [0, 0.1) is 0 Å². The first-order valence-electron chi connectivity index (χ1n) is 6.59. The molecule has 20 heavy (non-hydrogen) atoms. The smallest absolute Gasteiger partial charge is 0.252 e. The number of hydrogen-bond acceptors (Lipinski definition) is 2. The molecule has 0 radical (unpaired) electrons. The molecule has 1 aliphatic rings. The number of rotatable bonds is 3. The third-order valence-electron chi connectivity index (χ3n) is 3.28. The zero-order valence-corrected chi connectivity index (χ0v) is 13.3. The summed E-state index contributed by atoms with van der Waals surface area (Å²) in [5.74, 6) is -0.332. The molecule has 0 aromatic heterocycles. The van der Waals surface area contributed by atoms with E-state index in [1.54, 1.807) is 23.1 Å². The van der Waals surface area contributed by atoms with Gasteiger partial charge in [0.15, 0.2) is 0 Å². The molecule has 108 valence electrons. The van der Waals surface area contributed by atoms with E-state index in [2.05, 4.69) is 21.2 Å². The summed E-state index contributed by atoms with van der Waals surface area (Å²) >= 11 is 9.17. The lowest BCUT2D eigenvalue weighted by atomic mass is 10.1. The summed E-state index contributed by atoms with van der Waals surface area (Å²) < 4.78 is 0.657. The standard InChI is InChI=1S/C14H16BrClN2O2/c15-12-5-4-10(16)8-11(12)14(20)17-9-13(19)18-6-2-1-3-7-18/h4-5,8H,1-3,6-7,9H2,(H,17,20). The van der Waals surface area contributed by atoms with E-state index in [1.165, 1.54) is 6.42 Å². The Hall–Kier alpha value is -1.07. The maximum absolute atomic E-state index is 12.0. The predicted octanol–water partition coefficient (Wildman–Crippen LogP) is 2.84. The van der Waals surface area contributed by atoms with Crippen LogP contribution in [0.1, 0.15) is 29.6 Å². The van der Waals surface area contributed by atoms with Crippen LogP contribution in [0.5, 0.6) is 0 Å². The number of benzene rings is 1. The van der Waals surface area contributed by atoms with Crippen LogP contribution in [0.25, 0.3) is 0 Å². The second-order valence-electron chi connectivity index (χ2n) is 4.75. The first kappa shape index (κ1) is 15.3. The van der Waals surface area contributed by atoms with Gasteiger partial charge in [-0.15, -0.1) is 0 Å². The van der Waals surface area contributed by atoms with Crippen LogP contribution in [0.15, 0.2) is 22.7 Å². The average molecular weight is 360 g/mol. The number of nitrogens with one attached hydrogen (secondary N) is 1. The molecule has 0 saturated carbocycles. The van der Waals surface area contributed by atoms with Gasteiger partial charge < -0.3 is 10.2 Å². The molecule has 1 aliphatic heterocycles. The van der Waals surface area contributed by atoms with Crippen molar-refractivity contribution in [1.29, 1.82) is 0 Å². The molecule has 1 N–H and O–H groups in total. The number of likely N-dealkylation sites (tertiary alicyclic amines) is 1. The van der Waals surface area contributed by atoms with Gasteiger partial charge in [0, 0.05) is 22.6 Å². The number of carbonyl (C=O) groups is 2. The maximum Gasteiger partial charge on any atom is 0.252 e. The fraction of sp³-hybridized carbons (Fsp3) is 0.429. The van der Waals surface area contributed by atoms with Crippen molar-refractivity contribution in [3.05, 3.63) is 33.3 Å². The largest absolute Gasteiger partial charge is 0.343 e. The van der Waals surface area contributed by atoms with Crippen molar-refractivity contribution in [1.82, 2.24) is 10.2 Å². The Labute approximate surface area is 131 Å². The van der Waals surface area contributed by atoms with Crippen molar-refractivity contribution >= 4 is 39.3 Å². The van der Waals surface area contributed by atoms with Crippen LogP contribution < -0.4 is 5.32 Å². The van der Waals surface area contributed by atoms with Crippen molar-refractivity contribution < 1.29 is 9.59 Å². The predicted molar refractivity (Wildman–Crippen MR) is 81.9 cm³/mol. The van der Waals surface area contributed by atoms with E-state index in [4.69, 9.17) is 11.6 Å². The van der Waals surface area contributed by atoms with E-state index in [-0.39, 0.29) is 18.4 Å². The van der Waals surface area contributed by atoms with Gasteiger partial charge in [-0.1, -0.05) is 11.6 Å². The van der Waals surface area contributed by atoms with Gasteiger partial charge in [0.2, 0.25) is 5.91 Å². The molecule has 0 atom stereocenters. The fourth-order valence-electron chi connectivity index (χ4n) is 2.18. The number of hydrogen-bond donors (Lipinski definition) is 1. The Morgan fingerprint density at radius 3 is 2.65 bits per heavy atom. The summed E-state index contributed by atoms with van der Waals surface area (Å²) in [5.41, 5.74) is 0.434. The van der Waals surface area contributed by atoms with Crippen LogP contribution in [0.4, 0.5) is 0 Å². The third-order valence-corrected chi connectivity index (χ3v) is 4.21. The summed E-state index contributed by atoms with van der Waals surface area (Å²) in [6.45, 7) is 1.60. The summed E-state index contributed by atoms with van der Waals surface area (Å²) in [6.07, 6.45) is 3.25. The van der Waals surface area contributed by atoms with Gasteiger partial charge in [0.25, 0.3) is 5.91 Å². The minimum absolute atomic E-state index is 0.0256. The first-order valence-corrected chi connectivity index (χ1v) is 7.76. The van der Waals surface area contributed by atoms with E-state index in [0.29, 0.717) is 15.1 Å². The highest BCUT2D eigenvalue weighted by atomic mass is 79.9. The van der Waals surface area contributed by atoms with Crippen molar-refractivity contribution in [3.8, 4) is 0 Å². The monoisotopic (exact) mass is 358 g/mol. The molecule has 1 aromatic carbocycles. The normalized spacial score (nSPS) is 15.0. The second kappa shape index (κ2) is 7.09. The molecule has 0 unspecified atom stereocenters. The quantitative estimate of drug-likeness (QED) is 0.902. The lowest BCUT2D eigenvalue weighted by Gasteiger charge is -2.26. The minimum Gasteiger partial charge on any atom is -0.343 e. The molecule has 0 aliphatic carbocycles. The van der Waals surface area contributed by atoms with Crippen LogP contribution in [0.2, 0.25) is 5.02 Å². The van der Waals surface area contributed by atoms with E-state index < -0.39 is 0 Å². The average Bonchev–Trinajstić information content (AvgIpc) is 2.47. The Balaban J connectivity index is 1.91. The van der Waals surface area contributed by atoms with Crippen molar-refractivity contribution in [2.45, 2.75) is 19.3 Å². The van der Waals surface area contributed by atoms with Crippen LogP contribution in [0.3, 0.4) is 0 Å². The van der Waals surface area contributed by atoms with E-state index in [9.17, 15) is 9.59 Å². The summed E-state index contributed by atoms with van der Waals surface area (Å²) in [7, 11) is 0. The molecule has 1 fully saturated rings. The lowest BCUT2D eigenvalue weighted by Crippen LogP contribution is -2.42. The Kier molecular flexibility index (Phi) is 5.43. The van der Waals surface area contributed by atoms with E-state index in [1.807, 2.05) is 0 Å². The van der Waals surface area contributed by atoms with Crippen LogP contribution >= 0.6 is 27.5 Å². The highest BCUT2D eigenvalue weighted by Crippen LogP contribution is 2.21. The summed E-state index contributed by atoms with van der Waals surface area (Å²) in [6, 6.07) is 4.98. The lowest BCUT2D eigenvalue weighted by molar-refractivity contribution is -0.130. The number of halogens is 2. The van der Waals surface area contributed by atoms with Gasteiger partial charge in [-0.3, -0.25) is 9.59 Å². The number of nitrogens with zero attached hydrogens (tertiary/aromatic N) is 1. The maximum atomic E-state index is 12.0. The Morgan fingerprint density at radius 2 is 1.95 bits per heavy atom. The second-order valence-corrected chi connectivity index (χ2v) is 6.04. The summed E-state index contributed by atoms with van der Waals surface area (Å²) in [4.78, 5) is 25.8. The van der Waals surface area contributed by atoms with Gasteiger partial charge in [0.1, 0.15) is 0 Å². The number of piperidine rings is 1. The summed E-state index contributed by atoms with van der Waals surface area (Å²) in [5, 5.41) is 3.13. The van der Waals surface area contributed by atoms with Gasteiger partial charge >= 0.3 is 0 Å². The topological polar surface area (TPSA) is 49.4 Å². The van der Waals surface area contributed by atoms with Crippen molar-refractivity contribution in [2.24, 2.45) is 0 Å². The third kappa shape index (κ3) is 3.96. The van der Waals surface area contributed by atoms with Gasteiger partial charge in [-0.25, -0.2) is 0 Å². The fourth-order valence-corrected chi connectivity index (χ4v) is 2.78. The molecule has 1 saturated heterocycles. The molecule has 6 heteroatoms. The molecule has 2 amide bonds. The first-order chi connectivity index (χ1) is 9.58. The SMILES string of the molecule is O=C(NCC(=O)N1CCCCC1)c1cc(Cl)ccc1Br. The van der Waals surface area contributed by atoms with E-state index >= 15 is 0 Å². The molecule has 4 nitrogen and oxygen atoms in total. The highest BCUT2D eigenvalue weighted by molar-refractivity contribution is 9.10. The number of carbonyl (C=O) groups excluding carboxylic acids is 2. The van der Waals surface area contributed by atoms with Crippen LogP contribution in [-0.2, 0) is 4.79 Å². The molecule has 0 bridgehead atoms. The zero-order chi connectivity index (χ0) is 14.5. The minimum atomic E-state index is -0.301. The van der Waals surface area contributed by atoms with Gasteiger partial charge in [-0.2, -0.15) is 0 Å². The molecule has 2 rings (SSSR count). The van der Waals surface area contributed by atoms with Crippen molar-refractivity contribution in [2.75, 3.05) is 19.6 Å². The van der Waals surface area contributed by atoms with Gasteiger partial charge in [0.05, 0.1) is 12.1 Å². The molecule has 0 spiro atoms. The Morgan fingerprint density at radius 1 is 1.25 bits per heavy atom.